The van der Waals surface area contributed by atoms with Gasteiger partial charge in [0.05, 0.1) is 0 Å². The van der Waals surface area contributed by atoms with Gasteiger partial charge in [-0.25, -0.2) is 0 Å². The molecule has 5 nitrogen and oxygen atoms in total. The predicted octanol–water partition coefficient (Wildman–Crippen LogP) is 2.43. The molecular formula is C20H29N3O2. The number of benzene rings is 1. The lowest BCUT2D eigenvalue weighted by molar-refractivity contribution is -0.133. The van der Waals surface area contributed by atoms with Gasteiger partial charge in [-0.1, -0.05) is 18.2 Å². The Kier molecular flexibility index (Phi) is 6.08. The van der Waals surface area contributed by atoms with Crippen molar-refractivity contribution in [2.75, 3.05) is 32.0 Å². The van der Waals surface area contributed by atoms with E-state index >= 15 is 0 Å². The molecule has 5 heteroatoms. The fourth-order valence-electron chi connectivity index (χ4n) is 3.92. The molecule has 1 fully saturated rings. The molecule has 3 rings (SSSR count). The Hall–Kier alpha value is -1.88. The van der Waals surface area contributed by atoms with E-state index < -0.39 is 0 Å². The third kappa shape index (κ3) is 4.60. The molecule has 1 aromatic carbocycles. The van der Waals surface area contributed by atoms with Crippen LogP contribution in [0.3, 0.4) is 0 Å². The summed E-state index contributed by atoms with van der Waals surface area (Å²) >= 11 is 0. The van der Waals surface area contributed by atoms with E-state index in [1.807, 2.05) is 30.1 Å². The molecular weight excluding hydrogens is 314 g/mol. The summed E-state index contributed by atoms with van der Waals surface area (Å²) in [5, 5.41) is 6.17. The van der Waals surface area contributed by atoms with Crippen LogP contribution in [0.2, 0.25) is 0 Å². The van der Waals surface area contributed by atoms with Crippen LogP contribution >= 0.6 is 0 Å². The van der Waals surface area contributed by atoms with E-state index in [2.05, 4.69) is 16.7 Å². The van der Waals surface area contributed by atoms with E-state index in [-0.39, 0.29) is 17.7 Å². The predicted molar refractivity (Wildman–Crippen MR) is 99.3 cm³/mol. The van der Waals surface area contributed by atoms with Crippen LogP contribution in [0, 0.1) is 11.8 Å². The maximum absolute atomic E-state index is 12.5. The molecule has 136 valence electrons. The lowest BCUT2D eigenvalue weighted by Gasteiger charge is -2.32. The first-order valence-electron chi connectivity index (χ1n) is 9.48. The standard InChI is InChI=1S/C20H29N3O2/c1-21-11-8-15-9-12-23(13-10-15)19(24)7-6-17-14-16-4-2-3-5-18(16)22-20(17)25/h2-5,15,17,21H,6-14H2,1H3,(H,22,25). The largest absolute Gasteiger partial charge is 0.343 e. The molecule has 0 radical (unpaired) electrons. The summed E-state index contributed by atoms with van der Waals surface area (Å²) in [5.41, 5.74) is 2.09. The second-order valence-corrected chi connectivity index (χ2v) is 7.30. The van der Waals surface area contributed by atoms with Crippen molar-refractivity contribution in [2.45, 2.75) is 38.5 Å². The van der Waals surface area contributed by atoms with Gasteiger partial charge in [0.15, 0.2) is 0 Å². The second-order valence-electron chi connectivity index (χ2n) is 7.30. The topological polar surface area (TPSA) is 61.4 Å². The monoisotopic (exact) mass is 343 g/mol. The van der Waals surface area contributed by atoms with Crippen LogP contribution < -0.4 is 10.6 Å². The minimum Gasteiger partial charge on any atom is -0.343 e. The van der Waals surface area contributed by atoms with Crippen molar-refractivity contribution in [3.8, 4) is 0 Å². The fourth-order valence-corrected chi connectivity index (χ4v) is 3.92. The van der Waals surface area contributed by atoms with Crippen LogP contribution in [-0.4, -0.2) is 43.4 Å². The lowest BCUT2D eigenvalue weighted by Crippen LogP contribution is -2.39. The van der Waals surface area contributed by atoms with E-state index in [9.17, 15) is 9.59 Å². The number of para-hydroxylation sites is 1. The Morgan fingerprint density at radius 1 is 1.24 bits per heavy atom. The van der Waals surface area contributed by atoms with Crippen molar-refractivity contribution in [3.05, 3.63) is 29.8 Å². The number of carbonyl (C=O) groups excluding carboxylic acids is 2. The van der Waals surface area contributed by atoms with E-state index in [1.54, 1.807) is 0 Å². The highest BCUT2D eigenvalue weighted by molar-refractivity contribution is 5.96. The summed E-state index contributed by atoms with van der Waals surface area (Å²) in [4.78, 5) is 26.7. The molecule has 0 bridgehead atoms. The van der Waals surface area contributed by atoms with E-state index in [1.165, 1.54) is 12.0 Å². The highest BCUT2D eigenvalue weighted by Gasteiger charge is 2.28. The molecule has 25 heavy (non-hydrogen) atoms. The van der Waals surface area contributed by atoms with Crippen LogP contribution in [0.1, 0.15) is 37.7 Å². The van der Waals surface area contributed by atoms with Gasteiger partial charge in [0, 0.05) is 31.1 Å². The van der Waals surface area contributed by atoms with Gasteiger partial charge in [-0.05, 0) is 63.2 Å². The van der Waals surface area contributed by atoms with Crippen molar-refractivity contribution in [2.24, 2.45) is 11.8 Å². The van der Waals surface area contributed by atoms with Crippen molar-refractivity contribution in [1.29, 1.82) is 0 Å². The molecule has 2 aliphatic rings. The third-order valence-electron chi connectivity index (χ3n) is 5.59. The third-order valence-corrected chi connectivity index (χ3v) is 5.59. The van der Waals surface area contributed by atoms with Crippen LogP contribution in [-0.2, 0) is 16.0 Å². The van der Waals surface area contributed by atoms with E-state index in [4.69, 9.17) is 0 Å². The zero-order valence-electron chi connectivity index (χ0n) is 15.1. The van der Waals surface area contributed by atoms with Gasteiger partial charge >= 0.3 is 0 Å². The SMILES string of the molecule is CNCCC1CCN(C(=O)CCC2Cc3ccccc3NC2=O)CC1. The molecule has 1 atom stereocenters. The number of piperidine rings is 1. The van der Waals surface area contributed by atoms with Crippen molar-refractivity contribution in [1.82, 2.24) is 10.2 Å². The number of anilines is 1. The quantitative estimate of drug-likeness (QED) is 0.834. The van der Waals surface area contributed by atoms with Crippen molar-refractivity contribution < 1.29 is 9.59 Å². The smallest absolute Gasteiger partial charge is 0.227 e. The molecule has 2 aliphatic heterocycles. The summed E-state index contributed by atoms with van der Waals surface area (Å²) in [6, 6.07) is 7.92. The maximum atomic E-state index is 12.5. The molecule has 0 spiro atoms. The van der Waals surface area contributed by atoms with Crippen LogP contribution in [0.15, 0.2) is 24.3 Å². The number of hydrogen-bond acceptors (Lipinski definition) is 3. The maximum Gasteiger partial charge on any atom is 0.227 e. The van der Waals surface area contributed by atoms with Gasteiger partial charge in [0.25, 0.3) is 0 Å². The van der Waals surface area contributed by atoms with Gasteiger partial charge in [-0.15, -0.1) is 0 Å². The zero-order chi connectivity index (χ0) is 17.6. The normalized spacial score (nSPS) is 20.9. The Morgan fingerprint density at radius 2 is 2.00 bits per heavy atom. The molecule has 1 aromatic rings. The molecule has 2 heterocycles. The summed E-state index contributed by atoms with van der Waals surface area (Å²) in [6.07, 6.45) is 5.25. The summed E-state index contributed by atoms with van der Waals surface area (Å²) in [6.45, 7) is 2.79. The van der Waals surface area contributed by atoms with Crippen LogP contribution in [0.25, 0.3) is 0 Å². The average molecular weight is 343 g/mol. The summed E-state index contributed by atoms with van der Waals surface area (Å²) < 4.78 is 0. The summed E-state index contributed by atoms with van der Waals surface area (Å²) in [7, 11) is 1.98. The van der Waals surface area contributed by atoms with Crippen molar-refractivity contribution >= 4 is 17.5 Å². The number of nitrogens with one attached hydrogen (secondary N) is 2. The number of likely N-dealkylation sites (tertiary alicyclic amines) is 1. The Balaban J connectivity index is 1.45. The number of amides is 2. The molecule has 1 unspecified atom stereocenters. The first-order valence-corrected chi connectivity index (χ1v) is 9.48. The minimum absolute atomic E-state index is 0.0530. The number of hydrogen-bond donors (Lipinski definition) is 2. The first-order chi connectivity index (χ1) is 12.2. The Bertz CT molecular complexity index is 609. The van der Waals surface area contributed by atoms with E-state index in [0.717, 1.165) is 50.5 Å². The molecule has 0 aliphatic carbocycles. The molecule has 2 N–H and O–H groups in total. The molecule has 0 aromatic heterocycles. The van der Waals surface area contributed by atoms with Gasteiger partial charge < -0.3 is 15.5 Å². The van der Waals surface area contributed by atoms with Gasteiger partial charge in [-0.3, -0.25) is 9.59 Å². The van der Waals surface area contributed by atoms with Gasteiger partial charge in [0.2, 0.25) is 11.8 Å². The summed E-state index contributed by atoms with van der Waals surface area (Å²) in [5.74, 6) is 0.903. The van der Waals surface area contributed by atoms with Crippen molar-refractivity contribution in [3.63, 3.8) is 0 Å². The molecule has 0 saturated carbocycles. The number of carbonyl (C=O) groups is 2. The molecule has 2 amide bonds. The highest BCUT2D eigenvalue weighted by Crippen LogP contribution is 2.28. The lowest BCUT2D eigenvalue weighted by atomic mass is 9.89. The number of fused-ring (bicyclic) bond motifs is 1. The highest BCUT2D eigenvalue weighted by atomic mass is 16.2. The zero-order valence-corrected chi connectivity index (χ0v) is 15.1. The van der Waals surface area contributed by atoms with Crippen LogP contribution in [0.4, 0.5) is 5.69 Å². The van der Waals surface area contributed by atoms with Crippen LogP contribution in [0.5, 0.6) is 0 Å². The Morgan fingerprint density at radius 3 is 2.76 bits per heavy atom. The van der Waals surface area contributed by atoms with Gasteiger partial charge in [-0.2, -0.15) is 0 Å². The van der Waals surface area contributed by atoms with E-state index in [0.29, 0.717) is 12.8 Å². The molecule has 1 saturated heterocycles. The van der Waals surface area contributed by atoms with Gasteiger partial charge in [0.1, 0.15) is 0 Å². The Labute approximate surface area is 150 Å². The fraction of sp³-hybridized carbons (Fsp3) is 0.600. The number of nitrogens with zero attached hydrogens (tertiary/aromatic N) is 1. The minimum atomic E-state index is -0.0907. The number of rotatable bonds is 6. The first kappa shape index (κ1) is 17.9. The average Bonchev–Trinajstić information content (AvgIpc) is 2.64. The second kappa shape index (κ2) is 8.48.